The van der Waals surface area contributed by atoms with Gasteiger partial charge in [0.15, 0.2) is 5.13 Å². The van der Waals surface area contributed by atoms with Crippen molar-refractivity contribution in [3.05, 3.63) is 52.0 Å². The highest BCUT2D eigenvalue weighted by molar-refractivity contribution is 7.22. The van der Waals surface area contributed by atoms with Crippen molar-refractivity contribution >= 4 is 49.9 Å². The van der Waals surface area contributed by atoms with Crippen molar-refractivity contribution < 1.29 is 4.79 Å². The number of halogens is 1. The van der Waals surface area contributed by atoms with Gasteiger partial charge in [-0.05, 0) is 49.6 Å². The van der Waals surface area contributed by atoms with E-state index in [0.717, 1.165) is 27.5 Å². The third-order valence-electron chi connectivity index (χ3n) is 4.18. The third kappa shape index (κ3) is 3.62. The number of nitrogens with zero attached hydrogens (tertiary/aromatic N) is 2. The van der Waals surface area contributed by atoms with E-state index >= 15 is 0 Å². The first kappa shape index (κ1) is 17.7. The summed E-state index contributed by atoms with van der Waals surface area (Å²) in [6.07, 6.45) is 0. The monoisotopic (exact) mass is 373 g/mol. The Bertz CT molecular complexity index is 912. The molecule has 2 aromatic carbocycles. The van der Waals surface area contributed by atoms with Crippen LogP contribution in [0.3, 0.4) is 0 Å². The molecule has 0 saturated carbocycles. The van der Waals surface area contributed by atoms with Crippen molar-refractivity contribution in [1.82, 2.24) is 4.98 Å². The van der Waals surface area contributed by atoms with Crippen LogP contribution in [0.15, 0.2) is 30.3 Å². The molecular weight excluding hydrogens is 354 g/mol. The van der Waals surface area contributed by atoms with Gasteiger partial charge in [-0.15, -0.1) is 0 Å². The van der Waals surface area contributed by atoms with Gasteiger partial charge >= 0.3 is 0 Å². The van der Waals surface area contributed by atoms with Gasteiger partial charge in [-0.1, -0.05) is 41.1 Å². The number of rotatable bonds is 4. The molecule has 0 spiro atoms. The first-order valence-corrected chi connectivity index (χ1v) is 9.19. The lowest BCUT2D eigenvalue weighted by atomic mass is 10.1. The average Bonchev–Trinajstić information content (AvgIpc) is 3.02. The van der Waals surface area contributed by atoms with Crippen molar-refractivity contribution in [2.24, 2.45) is 0 Å². The van der Waals surface area contributed by atoms with Gasteiger partial charge in [-0.2, -0.15) is 0 Å². The molecule has 1 amide bonds. The van der Waals surface area contributed by atoms with Crippen LogP contribution in [0.5, 0.6) is 0 Å². The van der Waals surface area contributed by atoms with Crippen LogP contribution in [-0.2, 0) is 4.79 Å². The van der Waals surface area contributed by atoms with Crippen molar-refractivity contribution in [2.45, 2.75) is 20.8 Å². The van der Waals surface area contributed by atoms with Crippen LogP contribution in [0.1, 0.15) is 16.7 Å². The Kier molecular flexibility index (Phi) is 4.97. The molecular formula is C19H20ClN3OS. The Morgan fingerprint density at radius 3 is 2.64 bits per heavy atom. The maximum Gasteiger partial charge on any atom is 0.243 e. The second-order valence-corrected chi connectivity index (χ2v) is 7.57. The second kappa shape index (κ2) is 7.02. The molecule has 0 bridgehead atoms. The molecule has 130 valence electrons. The van der Waals surface area contributed by atoms with Crippen LogP contribution >= 0.6 is 22.9 Å². The molecule has 3 rings (SSSR count). The van der Waals surface area contributed by atoms with Crippen LogP contribution in [0.25, 0.3) is 10.2 Å². The SMILES string of the molecule is Cc1c(Cl)cccc1NC(=O)CN(C)c1nc2c(C)ccc(C)c2s1. The maximum absolute atomic E-state index is 12.4. The first-order chi connectivity index (χ1) is 11.9. The highest BCUT2D eigenvalue weighted by Crippen LogP contribution is 2.32. The molecule has 0 saturated heterocycles. The molecule has 0 aliphatic heterocycles. The van der Waals surface area contributed by atoms with E-state index in [1.165, 1.54) is 10.3 Å². The zero-order valence-corrected chi connectivity index (χ0v) is 16.3. The fourth-order valence-electron chi connectivity index (χ4n) is 2.63. The Hall–Kier alpha value is -2.11. The summed E-state index contributed by atoms with van der Waals surface area (Å²) in [6.45, 7) is 6.25. The maximum atomic E-state index is 12.4. The molecule has 0 aliphatic carbocycles. The van der Waals surface area contributed by atoms with Crippen LogP contribution in [0.2, 0.25) is 5.02 Å². The molecule has 1 aromatic heterocycles. The lowest BCUT2D eigenvalue weighted by molar-refractivity contribution is -0.114. The molecule has 0 atom stereocenters. The van der Waals surface area contributed by atoms with Crippen molar-refractivity contribution in [3.8, 4) is 0 Å². The fraction of sp³-hybridized carbons (Fsp3) is 0.263. The van der Waals surface area contributed by atoms with Gasteiger partial charge in [-0.3, -0.25) is 4.79 Å². The Balaban J connectivity index is 1.77. The Morgan fingerprint density at radius 2 is 1.92 bits per heavy atom. The number of fused-ring (bicyclic) bond motifs is 1. The predicted octanol–water partition coefficient (Wildman–Crippen LogP) is 4.95. The van der Waals surface area contributed by atoms with Gasteiger partial charge in [0, 0.05) is 17.8 Å². The zero-order chi connectivity index (χ0) is 18.1. The summed E-state index contributed by atoms with van der Waals surface area (Å²) in [5.41, 5.74) is 4.97. The molecule has 6 heteroatoms. The molecule has 3 aromatic rings. The van der Waals surface area contributed by atoms with Gasteiger partial charge in [0.2, 0.25) is 5.91 Å². The number of likely N-dealkylation sites (N-methyl/N-ethyl adjacent to an activating group) is 1. The minimum Gasteiger partial charge on any atom is -0.342 e. The number of hydrogen-bond donors (Lipinski definition) is 1. The highest BCUT2D eigenvalue weighted by atomic mass is 35.5. The summed E-state index contributed by atoms with van der Waals surface area (Å²) in [5.74, 6) is -0.0967. The molecule has 0 fully saturated rings. The quantitative estimate of drug-likeness (QED) is 0.703. The lowest BCUT2D eigenvalue weighted by Crippen LogP contribution is -2.30. The molecule has 1 heterocycles. The van der Waals surface area contributed by atoms with Crippen LogP contribution in [0, 0.1) is 20.8 Å². The van der Waals surface area contributed by atoms with E-state index in [0.29, 0.717) is 5.02 Å². The number of thiazole rings is 1. The van der Waals surface area contributed by atoms with E-state index in [1.54, 1.807) is 11.3 Å². The van der Waals surface area contributed by atoms with Gasteiger partial charge in [0.1, 0.15) is 0 Å². The van der Waals surface area contributed by atoms with E-state index in [9.17, 15) is 4.79 Å². The minimum atomic E-state index is -0.0967. The summed E-state index contributed by atoms with van der Waals surface area (Å²) in [5, 5.41) is 4.40. The van der Waals surface area contributed by atoms with E-state index in [1.807, 2.05) is 37.1 Å². The van der Waals surface area contributed by atoms with Crippen molar-refractivity contribution in [2.75, 3.05) is 23.8 Å². The van der Waals surface area contributed by atoms with E-state index in [2.05, 4.69) is 31.3 Å². The van der Waals surface area contributed by atoms with Gasteiger partial charge in [0.05, 0.1) is 16.8 Å². The number of benzene rings is 2. The molecule has 0 aliphatic rings. The standard InChI is InChI=1S/C19H20ClN3OS/c1-11-8-9-12(2)18-17(11)22-19(25-18)23(4)10-16(24)21-15-7-5-6-14(20)13(15)3/h5-9H,10H2,1-4H3,(H,21,24). The summed E-state index contributed by atoms with van der Waals surface area (Å²) < 4.78 is 1.17. The van der Waals surface area contributed by atoms with E-state index < -0.39 is 0 Å². The largest absolute Gasteiger partial charge is 0.342 e. The topological polar surface area (TPSA) is 45.2 Å². The van der Waals surface area contributed by atoms with E-state index in [4.69, 9.17) is 16.6 Å². The van der Waals surface area contributed by atoms with Crippen LogP contribution in [0.4, 0.5) is 10.8 Å². The molecule has 0 radical (unpaired) electrons. The van der Waals surface area contributed by atoms with E-state index in [-0.39, 0.29) is 12.5 Å². The summed E-state index contributed by atoms with van der Waals surface area (Å²) in [4.78, 5) is 19.0. The number of hydrogen-bond acceptors (Lipinski definition) is 4. The van der Waals surface area contributed by atoms with Crippen molar-refractivity contribution in [3.63, 3.8) is 0 Å². The normalized spacial score (nSPS) is 10.9. The summed E-state index contributed by atoms with van der Waals surface area (Å²) in [7, 11) is 1.88. The fourth-order valence-corrected chi connectivity index (χ4v) is 3.87. The first-order valence-electron chi connectivity index (χ1n) is 7.99. The number of carbonyl (C=O) groups is 1. The van der Waals surface area contributed by atoms with Crippen molar-refractivity contribution in [1.29, 1.82) is 0 Å². The van der Waals surface area contributed by atoms with Crippen LogP contribution in [-0.4, -0.2) is 24.5 Å². The number of aromatic nitrogens is 1. The molecule has 1 N–H and O–H groups in total. The lowest BCUT2D eigenvalue weighted by Gasteiger charge is -2.16. The summed E-state index contributed by atoms with van der Waals surface area (Å²) >= 11 is 7.72. The van der Waals surface area contributed by atoms with Gasteiger partial charge in [0.25, 0.3) is 0 Å². The van der Waals surface area contributed by atoms with Crippen LogP contribution < -0.4 is 10.2 Å². The Labute approximate surface area is 156 Å². The summed E-state index contributed by atoms with van der Waals surface area (Å²) in [6, 6.07) is 9.67. The Morgan fingerprint density at radius 1 is 1.20 bits per heavy atom. The number of aryl methyl sites for hydroxylation is 2. The number of carbonyl (C=O) groups excluding carboxylic acids is 1. The predicted molar refractivity (Wildman–Crippen MR) is 107 cm³/mol. The number of amides is 1. The molecule has 25 heavy (non-hydrogen) atoms. The van der Waals surface area contributed by atoms with Gasteiger partial charge < -0.3 is 10.2 Å². The number of anilines is 2. The second-order valence-electron chi connectivity index (χ2n) is 6.19. The minimum absolute atomic E-state index is 0.0967. The smallest absolute Gasteiger partial charge is 0.243 e. The van der Waals surface area contributed by atoms with Gasteiger partial charge in [-0.25, -0.2) is 4.98 Å². The average molecular weight is 374 g/mol. The zero-order valence-electron chi connectivity index (χ0n) is 14.7. The molecule has 4 nitrogen and oxygen atoms in total. The molecule has 0 unspecified atom stereocenters. The third-order valence-corrected chi connectivity index (χ3v) is 5.89. The number of nitrogens with one attached hydrogen (secondary N) is 1. The highest BCUT2D eigenvalue weighted by Gasteiger charge is 2.15.